The third-order valence-corrected chi connectivity index (χ3v) is 4.04. The van der Waals surface area contributed by atoms with Gasteiger partial charge in [0.15, 0.2) is 0 Å². The maximum Gasteiger partial charge on any atom is 0.322 e. The van der Waals surface area contributed by atoms with Crippen molar-refractivity contribution < 1.29 is 9.90 Å². The lowest BCUT2D eigenvalue weighted by Gasteiger charge is -2.37. The zero-order chi connectivity index (χ0) is 13.5. The van der Waals surface area contributed by atoms with Crippen molar-refractivity contribution in [3.05, 3.63) is 0 Å². The number of hydrogen-bond acceptors (Lipinski definition) is 3. The highest BCUT2D eigenvalue weighted by Crippen LogP contribution is 2.27. The Balaban J connectivity index is 2.48. The molecule has 0 aromatic carbocycles. The molecule has 4 nitrogen and oxygen atoms in total. The molecule has 18 heavy (non-hydrogen) atoms. The van der Waals surface area contributed by atoms with Crippen molar-refractivity contribution in [2.24, 2.45) is 5.92 Å². The number of carboxylic acids is 1. The Labute approximate surface area is 111 Å². The molecule has 1 saturated carbocycles. The van der Waals surface area contributed by atoms with Crippen molar-refractivity contribution in [1.82, 2.24) is 10.2 Å². The second-order valence-electron chi connectivity index (χ2n) is 5.61. The van der Waals surface area contributed by atoms with Gasteiger partial charge in [0.05, 0.1) is 0 Å². The topological polar surface area (TPSA) is 52.6 Å². The lowest BCUT2D eigenvalue weighted by molar-refractivity contribution is -0.140. The normalized spacial score (nSPS) is 26.2. The van der Waals surface area contributed by atoms with E-state index in [-0.39, 0.29) is 0 Å². The molecule has 0 bridgehead atoms. The standard InChI is InChI=1S/C14H28N2O2/c1-4-9-15-12(14(17)18)10-16(3)13-8-6-5-7-11(13)2/h11-13,15H,4-10H2,1-3H3,(H,17,18). The van der Waals surface area contributed by atoms with Crippen LogP contribution in [0.4, 0.5) is 0 Å². The molecule has 0 spiro atoms. The van der Waals surface area contributed by atoms with Crippen LogP contribution in [-0.4, -0.2) is 48.2 Å². The first-order valence-electron chi connectivity index (χ1n) is 7.22. The molecule has 4 heteroatoms. The van der Waals surface area contributed by atoms with Crippen LogP contribution in [0.3, 0.4) is 0 Å². The Morgan fingerprint density at radius 2 is 2.11 bits per heavy atom. The van der Waals surface area contributed by atoms with E-state index in [2.05, 4.69) is 31.1 Å². The van der Waals surface area contributed by atoms with Crippen LogP contribution in [0, 0.1) is 5.92 Å². The first kappa shape index (κ1) is 15.4. The summed E-state index contributed by atoms with van der Waals surface area (Å²) in [6.07, 6.45) is 6.04. The minimum absolute atomic E-state index is 0.441. The van der Waals surface area contributed by atoms with Gasteiger partial charge in [0, 0.05) is 12.6 Å². The molecule has 0 aromatic rings. The maximum atomic E-state index is 11.2. The van der Waals surface area contributed by atoms with Gasteiger partial charge in [-0.3, -0.25) is 4.79 Å². The molecule has 1 aliphatic rings. The third kappa shape index (κ3) is 4.58. The molecular weight excluding hydrogens is 228 g/mol. The van der Waals surface area contributed by atoms with Crippen LogP contribution in [0.5, 0.6) is 0 Å². The lowest BCUT2D eigenvalue weighted by atomic mass is 9.85. The number of rotatable bonds is 7. The summed E-state index contributed by atoms with van der Waals surface area (Å²) in [7, 11) is 2.07. The van der Waals surface area contributed by atoms with Crippen molar-refractivity contribution >= 4 is 5.97 Å². The first-order chi connectivity index (χ1) is 8.56. The Hall–Kier alpha value is -0.610. The molecule has 0 aromatic heterocycles. The molecule has 0 saturated heterocycles. The molecule has 1 rings (SSSR count). The minimum atomic E-state index is -0.737. The van der Waals surface area contributed by atoms with Gasteiger partial charge in [-0.2, -0.15) is 0 Å². The second kappa shape index (κ2) is 7.74. The first-order valence-corrected chi connectivity index (χ1v) is 7.22. The van der Waals surface area contributed by atoms with Crippen LogP contribution >= 0.6 is 0 Å². The van der Waals surface area contributed by atoms with Crippen molar-refractivity contribution in [3.63, 3.8) is 0 Å². The Kier molecular flexibility index (Phi) is 6.65. The monoisotopic (exact) mass is 256 g/mol. The average Bonchev–Trinajstić information content (AvgIpc) is 2.34. The van der Waals surface area contributed by atoms with E-state index >= 15 is 0 Å². The van der Waals surface area contributed by atoms with Gasteiger partial charge < -0.3 is 15.3 Å². The van der Waals surface area contributed by atoms with E-state index in [1.165, 1.54) is 25.7 Å². The maximum absolute atomic E-state index is 11.2. The van der Waals surface area contributed by atoms with Gasteiger partial charge in [-0.1, -0.05) is 26.7 Å². The molecule has 106 valence electrons. The van der Waals surface area contributed by atoms with E-state index in [4.69, 9.17) is 0 Å². The number of carbonyl (C=O) groups is 1. The third-order valence-electron chi connectivity index (χ3n) is 4.04. The fourth-order valence-corrected chi connectivity index (χ4v) is 2.92. The highest BCUT2D eigenvalue weighted by molar-refractivity contribution is 5.73. The summed E-state index contributed by atoms with van der Waals surface area (Å²) in [4.78, 5) is 13.5. The summed E-state index contributed by atoms with van der Waals surface area (Å²) in [5.41, 5.74) is 0. The minimum Gasteiger partial charge on any atom is -0.480 e. The molecule has 2 N–H and O–H groups in total. The quantitative estimate of drug-likeness (QED) is 0.731. The van der Waals surface area contributed by atoms with E-state index in [0.29, 0.717) is 18.5 Å². The van der Waals surface area contributed by atoms with Gasteiger partial charge in [-0.25, -0.2) is 0 Å². The highest BCUT2D eigenvalue weighted by Gasteiger charge is 2.28. The van der Waals surface area contributed by atoms with Crippen molar-refractivity contribution in [1.29, 1.82) is 0 Å². The average molecular weight is 256 g/mol. The van der Waals surface area contributed by atoms with Crippen LogP contribution in [0.2, 0.25) is 0 Å². The van der Waals surface area contributed by atoms with E-state index < -0.39 is 12.0 Å². The van der Waals surface area contributed by atoms with Crippen LogP contribution in [0.25, 0.3) is 0 Å². The number of carboxylic acid groups (broad SMARTS) is 1. The van der Waals surface area contributed by atoms with Gasteiger partial charge in [0.2, 0.25) is 0 Å². The molecule has 1 aliphatic carbocycles. The largest absolute Gasteiger partial charge is 0.480 e. The summed E-state index contributed by atoms with van der Waals surface area (Å²) < 4.78 is 0. The number of nitrogens with zero attached hydrogens (tertiary/aromatic N) is 1. The van der Waals surface area contributed by atoms with Crippen LogP contribution < -0.4 is 5.32 Å². The molecule has 3 unspecified atom stereocenters. The molecule has 0 aliphatic heterocycles. The molecular formula is C14H28N2O2. The van der Waals surface area contributed by atoms with E-state index in [9.17, 15) is 9.90 Å². The van der Waals surface area contributed by atoms with E-state index in [1.807, 2.05) is 0 Å². The van der Waals surface area contributed by atoms with Gasteiger partial charge in [-0.15, -0.1) is 0 Å². The molecule has 0 heterocycles. The molecule has 0 radical (unpaired) electrons. The van der Waals surface area contributed by atoms with Gasteiger partial charge in [0.1, 0.15) is 6.04 Å². The summed E-state index contributed by atoms with van der Waals surface area (Å²) in [5.74, 6) is -0.0527. The number of hydrogen-bond donors (Lipinski definition) is 2. The zero-order valence-corrected chi connectivity index (χ0v) is 12.0. The Bertz CT molecular complexity index is 258. The molecule has 0 amide bonds. The van der Waals surface area contributed by atoms with E-state index in [1.54, 1.807) is 0 Å². The fraction of sp³-hybridized carbons (Fsp3) is 0.929. The molecule has 3 atom stereocenters. The smallest absolute Gasteiger partial charge is 0.322 e. The lowest BCUT2D eigenvalue weighted by Crippen LogP contribution is -2.50. The number of aliphatic carboxylic acids is 1. The Morgan fingerprint density at radius 3 is 2.67 bits per heavy atom. The van der Waals surface area contributed by atoms with Crippen LogP contribution in [-0.2, 0) is 4.79 Å². The summed E-state index contributed by atoms with van der Waals surface area (Å²) in [6, 6.07) is 0.105. The van der Waals surface area contributed by atoms with Gasteiger partial charge in [0.25, 0.3) is 0 Å². The number of nitrogens with one attached hydrogen (secondary N) is 1. The van der Waals surface area contributed by atoms with Crippen molar-refractivity contribution in [2.75, 3.05) is 20.1 Å². The highest BCUT2D eigenvalue weighted by atomic mass is 16.4. The number of likely N-dealkylation sites (N-methyl/N-ethyl adjacent to an activating group) is 1. The zero-order valence-electron chi connectivity index (χ0n) is 12.0. The van der Waals surface area contributed by atoms with Crippen molar-refractivity contribution in [2.45, 2.75) is 58.0 Å². The second-order valence-corrected chi connectivity index (χ2v) is 5.61. The van der Waals surface area contributed by atoms with Gasteiger partial charge >= 0.3 is 5.97 Å². The van der Waals surface area contributed by atoms with Crippen LogP contribution in [0.15, 0.2) is 0 Å². The summed E-state index contributed by atoms with van der Waals surface area (Å²) in [6.45, 7) is 5.71. The predicted molar refractivity (Wildman–Crippen MR) is 73.8 cm³/mol. The van der Waals surface area contributed by atoms with Crippen LogP contribution in [0.1, 0.15) is 46.0 Å². The molecule has 1 fully saturated rings. The summed E-state index contributed by atoms with van der Waals surface area (Å²) in [5, 5.41) is 12.3. The summed E-state index contributed by atoms with van der Waals surface area (Å²) >= 11 is 0. The Morgan fingerprint density at radius 1 is 1.44 bits per heavy atom. The predicted octanol–water partition coefficient (Wildman–Crippen LogP) is 1.95. The SMILES string of the molecule is CCCNC(CN(C)C1CCCCC1C)C(=O)O. The van der Waals surface area contributed by atoms with Crippen molar-refractivity contribution in [3.8, 4) is 0 Å². The fourth-order valence-electron chi connectivity index (χ4n) is 2.92. The van der Waals surface area contributed by atoms with Gasteiger partial charge in [-0.05, 0) is 38.8 Å². The van der Waals surface area contributed by atoms with E-state index in [0.717, 1.165) is 13.0 Å².